The molecule has 2 fully saturated rings. The van der Waals surface area contributed by atoms with Crippen molar-refractivity contribution >= 4 is 14.1 Å². The molecule has 7 nitrogen and oxygen atoms in total. The van der Waals surface area contributed by atoms with E-state index < -0.39 is 25.8 Å². The molecule has 2 aliphatic rings. The molecule has 4 atom stereocenters. The predicted molar refractivity (Wildman–Crippen MR) is 97.9 cm³/mol. The van der Waals surface area contributed by atoms with Crippen molar-refractivity contribution in [1.29, 1.82) is 0 Å². The molecule has 3 heterocycles. The highest BCUT2D eigenvalue weighted by Crippen LogP contribution is 2.50. The first-order chi connectivity index (χ1) is 11.5. The number of nitrogen functional groups attached to an aromatic ring is 1. The number of nitrogens with two attached hydrogens (primary N) is 1. The van der Waals surface area contributed by atoms with Crippen molar-refractivity contribution in [2.45, 2.75) is 76.3 Å². The van der Waals surface area contributed by atoms with Crippen molar-refractivity contribution in [3.8, 4) is 0 Å². The van der Waals surface area contributed by atoms with Gasteiger partial charge in [-0.1, -0.05) is 27.7 Å². The normalized spacial score (nSPS) is 32.3. The summed E-state index contributed by atoms with van der Waals surface area (Å²) in [6.07, 6.45) is 1.33. The molecule has 2 aliphatic heterocycles. The van der Waals surface area contributed by atoms with Crippen LogP contribution in [0, 0.1) is 0 Å². The zero-order valence-corrected chi connectivity index (χ0v) is 16.9. The highest BCUT2D eigenvalue weighted by molar-refractivity contribution is 6.74. The third-order valence-electron chi connectivity index (χ3n) is 5.93. The Balaban J connectivity index is 1.94. The molecule has 0 amide bonds. The summed E-state index contributed by atoms with van der Waals surface area (Å²) in [7, 11) is -2.01. The summed E-state index contributed by atoms with van der Waals surface area (Å²) in [5.74, 6) is 0.199. The molecule has 1 unspecified atom stereocenters. The van der Waals surface area contributed by atoms with Gasteiger partial charge >= 0.3 is 5.69 Å². The van der Waals surface area contributed by atoms with Gasteiger partial charge in [0, 0.05) is 6.20 Å². The fraction of sp³-hybridized carbons (Fsp3) is 0.765. The van der Waals surface area contributed by atoms with Gasteiger partial charge in [0.2, 0.25) is 0 Å². The average molecular weight is 368 g/mol. The average Bonchev–Trinajstić information content (AvgIpc) is 2.98. The summed E-state index contributed by atoms with van der Waals surface area (Å²) in [4.78, 5) is 16.1. The largest absolute Gasteiger partial charge is 0.408 e. The van der Waals surface area contributed by atoms with Crippen molar-refractivity contribution in [1.82, 2.24) is 9.55 Å². The summed E-state index contributed by atoms with van der Waals surface area (Å²) in [6.45, 7) is 13.6. The quantitative estimate of drug-likeness (QED) is 0.822. The van der Waals surface area contributed by atoms with Crippen molar-refractivity contribution < 1.29 is 13.9 Å². The van der Waals surface area contributed by atoms with Gasteiger partial charge in [0.1, 0.15) is 23.6 Å². The maximum absolute atomic E-state index is 12.3. The van der Waals surface area contributed by atoms with Gasteiger partial charge in [0.05, 0.1) is 6.61 Å². The smallest absolute Gasteiger partial charge is 0.351 e. The van der Waals surface area contributed by atoms with Crippen LogP contribution in [0.3, 0.4) is 0 Å². The minimum absolute atomic E-state index is 0.0824. The van der Waals surface area contributed by atoms with Crippen LogP contribution in [0.5, 0.6) is 0 Å². The van der Waals surface area contributed by atoms with Crippen LogP contribution in [0.1, 0.15) is 40.3 Å². The summed E-state index contributed by atoms with van der Waals surface area (Å²) in [6, 6.07) is 1.60. The molecule has 25 heavy (non-hydrogen) atoms. The molecule has 1 aromatic rings. The van der Waals surface area contributed by atoms with Crippen molar-refractivity contribution in [3.05, 3.63) is 22.7 Å². The Labute approximate surface area is 149 Å². The lowest BCUT2D eigenvalue weighted by Crippen LogP contribution is -2.51. The number of anilines is 1. The van der Waals surface area contributed by atoms with Crippen LogP contribution < -0.4 is 11.4 Å². The van der Waals surface area contributed by atoms with Crippen molar-refractivity contribution in [2.24, 2.45) is 0 Å². The number of rotatable bonds is 4. The first-order valence-electron chi connectivity index (χ1n) is 8.83. The molecule has 0 saturated carbocycles. The van der Waals surface area contributed by atoms with Gasteiger partial charge in [0.25, 0.3) is 0 Å². The fourth-order valence-corrected chi connectivity index (χ4v) is 4.57. The molecule has 0 spiro atoms. The molecule has 0 radical (unpaired) electrons. The molecule has 1 aromatic heterocycles. The van der Waals surface area contributed by atoms with Gasteiger partial charge in [0.15, 0.2) is 14.5 Å². The van der Waals surface area contributed by atoms with E-state index in [4.69, 9.17) is 19.6 Å². The van der Waals surface area contributed by atoms with E-state index in [1.54, 1.807) is 12.3 Å². The first kappa shape index (κ1) is 18.6. The van der Waals surface area contributed by atoms with E-state index in [1.165, 1.54) is 4.57 Å². The Morgan fingerprint density at radius 2 is 2.16 bits per heavy atom. The van der Waals surface area contributed by atoms with Crippen LogP contribution in [0.25, 0.3) is 0 Å². The van der Waals surface area contributed by atoms with Crippen molar-refractivity contribution in [2.75, 3.05) is 12.3 Å². The summed E-state index contributed by atoms with van der Waals surface area (Å²) >= 11 is 0. The Morgan fingerprint density at radius 1 is 1.48 bits per heavy atom. The zero-order chi connectivity index (χ0) is 18.6. The summed E-state index contributed by atoms with van der Waals surface area (Å²) < 4.78 is 20.5. The monoisotopic (exact) mass is 367 g/mol. The van der Waals surface area contributed by atoms with Gasteiger partial charge in [-0.25, -0.2) is 4.79 Å². The SMILES string of the molecule is CC[C@]12COC([C@H](n3ccc(N)nc3=O)O1)[C@H]2O[Si](C)(C)C(C)(C)C. The number of fused-ring (bicyclic) bond motifs is 2. The second-order valence-electron chi connectivity index (χ2n) is 8.54. The molecule has 0 aromatic carbocycles. The lowest BCUT2D eigenvalue weighted by atomic mass is 9.96. The van der Waals surface area contributed by atoms with E-state index in [0.717, 1.165) is 6.42 Å². The molecule has 2 saturated heterocycles. The van der Waals surface area contributed by atoms with E-state index >= 15 is 0 Å². The number of hydrogen-bond acceptors (Lipinski definition) is 6. The molecule has 3 rings (SSSR count). The maximum atomic E-state index is 12.3. The number of nitrogens with zero attached hydrogens (tertiary/aromatic N) is 2. The van der Waals surface area contributed by atoms with Crippen LogP contribution in [0.4, 0.5) is 5.82 Å². The standard InChI is InChI=1S/C17H29N3O4Si/c1-7-17-10-22-12(13(17)24-25(5,6)16(2,3)4)14(23-17)20-9-8-11(18)19-15(20)21/h8-9,12-14H,7,10H2,1-6H3,(H2,18,19,21)/t12?,13-,14-,17-/m1/s1. The molecule has 2 bridgehead atoms. The topological polar surface area (TPSA) is 88.6 Å². The molecule has 0 aliphatic carbocycles. The van der Waals surface area contributed by atoms with E-state index in [-0.39, 0.29) is 23.1 Å². The summed E-state index contributed by atoms with van der Waals surface area (Å²) in [5.41, 5.74) is 4.64. The maximum Gasteiger partial charge on any atom is 0.351 e. The van der Waals surface area contributed by atoms with Gasteiger partial charge in [-0.05, 0) is 30.6 Å². The molecule has 140 valence electrons. The third-order valence-corrected chi connectivity index (χ3v) is 10.4. The van der Waals surface area contributed by atoms with Crippen LogP contribution >= 0.6 is 0 Å². The predicted octanol–water partition coefficient (Wildman–Crippen LogP) is 2.29. The molecular weight excluding hydrogens is 338 g/mol. The molecule has 8 heteroatoms. The van der Waals surface area contributed by atoms with E-state index in [1.807, 2.05) is 0 Å². The van der Waals surface area contributed by atoms with E-state index in [0.29, 0.717) is 6.61 Å². The highest BCUT2D eigenvalue weighted by Gasteiger charge is 2.63. The minimum Gasteiger partial charge on any atom is -0.408 e. The Bertz CT molecular complexity index is 715. The van der Waals surface area contributed by atoms with E-state index in [9.17, 15) is 4.79 Å². The second-order valence-corrected chi connectivity index (χ2v) is 13.3. The number of ether oxygens (including phenoxy) is 2. The van der Waals surface area contributed by atoms with Gasteiger partial charge < -0.3 is 19.6 Å². The van der Waals surface area contributed by atoms with Gasteiger partial charge in [-0.2, -0.15) is 4.98 Å². The molecule has 2 N–H and O–H groups in total. The first-order valence-corrected chi connectivity index (χ1v) is 11.7. The summed E-state index contributed by atoms with van der Waals surface area (Å²) in [5, 5.41) is 0.0824. The van der Waals surface area contributed by atoms with Crippen LogP contribution in [0.2, 0.25) is 18.1 Å². The Morgan fingerprint density at radius 3 is 2.72 bits per heavy atom. The second kappa shape index (κ2) is 5.90. The molecular formula is C17H29N3O4Si. The van der Waals surface area contributed by atoms with Crippen molar-refractivity contribution in [3.63, 3.8) is 0 Å². The van der Waals surface area contributed by atoms with Crippen LogP contribution in [0.15, 0.2) is 17.1 Å². The lowest BCUT2D eigenvalue weighted by Gasteiger charge is -2.40. The van der Waals surface area contributed by atoms with Gasteiger partial charge in [-0.15, -0.1) is 0 Å². The minimum atomic E-state index is -2.01. The third kappa shape index (κ3) is 2.95. The van der Waals surface area contributed by atoms with Gasteiger partial charge in [-0.3, -0.25) is 4.57 Å². The van der Waals surface area contributed by atoms with Crippen LogP contribution in [-0.2, 0) is 13.9 Å². The number of hydrogen-bond donors (Lipinski definition) is 1. The highest BCUT2D eigenvalue weighted by atomic mass is 28.4. The lowest BCUT2D eigenvalue weighted by molar-refractivity contribution is -0.175. The van der Waals surface area contributed by atoms with E-state index in [2.05, 4.69) is 45.8 Å². The number of aromatic nitrogens is 2. The fourth-order valence-electron chi connectivity index (χ4n) is 3.24. The van der Waals surface area contributed by atoms with Crippen LogP contribution in [-0.4, -0.2) is 42.3 Å². The zero-order valence-electron chi connectivity index (χ0n) is 15.9. The Kier molecular flexibility index (Phi) is 4.38. The Hall–Kier alpha value is -1.22.